The predicted molar refractivity (Wildman–Crippen MR) is 75.7 cm³/mol. The molecule has 0 bridgehead atoms. The van der Waals surface area contributed by atoms with Crippen LogP contribution in [0.1, 0.15) is 25.8 Å². The van der Waals surface area contributed by atoms with E-state index < -0.39 is 0 Å². The van der Waals surface area contributed by atoms with E-state index in [1.807, 2.05) is 19.1 Å². The van der Waals surface area contributed by atoms with Crippen molar-refractivity contribution in [3.8, 4) is 11.4 Å². The number of nitrogens with one attached hydrogen (secondary N) is 1. The zero-order chi connectivity index (χ0) is 14.1. The van der Waals surface area contributed by atoms with Crippen LogP contribution >= 0.6 is 0 Å². The molecule has 1 aliphatic rings. The lowest BCUT2D eigenvalue weighted by Gasteiger charge is -2.11. The van der Waals surface area contributed by atoms with E-state index in [2.05, 4.69) is 15.4 Å². The van der Waals surface area contributed by atoms with Crippen molar-refractivity contribution in [1.82, 2.24) is 20.1 Å². The maximum absolute atomic E-state index is 12.0. The van der Waals surface area contributed by atoms with E-state index in [1.165, 1.54) is 0 Å². The minimum atomic E-state index is -0.356. The number of nitrogen functional groups attached to an aromatic ring is 1. The van der Waals surface area contributed by atoms with E-state index in [0.29, 0.717) is 17.6 Å². The molecule has 1 amide bonds. The topological polar surface area (TPSA) is 85.8 Å². The van der Waals surface area contributed by atoms with E-state index in [1.54, 1.807) is 23.1 Å². The lowest BCUT2D eigenvalue weighted by molar-refractivity contribution is -0.124. The summed E-state index contributed by atoms with van der Waals surface area (Å²) in [4.78, 5) is 16.2. The number of anilines is 1. The number of benzene rings is 1. The summed E-state index contributed by atoms with van der Waals surface area (Å²) < 4.78 is 1.59. The Bertz CT molecular complexity index is 615. The standard InChI is InChI=1S/C14H17N5O/c1-9(14(20)17-12-6-7-12)19-8-16-13(18-19)10-2-4-11(15)5-3-10/h2-5,8-9,12H,6-7,15H2,1H3,(H,17,20). The lowest BCUT2D eigenvalue weighted by Crippen LogP contribution is -2.32. The van der Waals surface area contributed by atoms with Crippen molar-refractivity contribution in [1.29, 1.82) is 0 Å². The molecule has 0 aliphatic heterocycles. The monoisotopic (exact) mass is 271 g/mol. The second-order valence-electron chi connectivity index (χ2n) is 5.13. The maximum Gasteiger partial charge on any atom is 0.244 e. The molecular weight excluding hydrogens is 254 g/mol. The highest BCUT2D eigenvalue weighted by Gasteiger charge is 2.26. The van der Waals surface area contributed by atoms with Gasteiger partial charge >= 0.3 is 0 Å². The van der Waals surface area contributed by atoms with Crippen molar-refractivity contribution in [3.63, 3.8) is 0 Å². The number of carbonyl (C=O) groups is 1. The van der Waals surface area contributed by atoms with Crippen molar-refractivity contribution in [2.75, 3.05) is 5.73 Å². The van der Waals surface area contributed by atoms with Gasteiger partial charge in [-0.15, -0.1) is 0 Å². The zero-order valence-corrected chi connectivity index (χ0v) is 11.3. The average molecular weight is 271 g/mol. The van der Waals surface area contributed by atoms with Crippen LogP contribution in [0.4, 0.5) is 5.69 Å². The van der Waals surface area contributed by atoms with Gasteiger partial charge in [0, 0.05) is 17.3 Å². The number of hydrogen-bond donors (Lipinski definition) is 2. The molecule has 0 saturated heterocycles. The molecule has 1 heterocycles. The van der Waals surface area contributed by atoms with Crippen LogP contribution in [0.5, 0.6) is 0 Å². The minimum absolute atomic E-state index is 0.0127. The Morgan fingerprint density at radius 1 is 1.40 bits per heavy atom. The van der Waals surface area contributed by atoms with Crippen molar-refractivity contribution < 1.29 is 4.79 Å². The molecule has 1 atom stereocenters. The third-order valence-electron chi connectivity index (χ3n) is 3.38. The van der Waals surface area contributed by atoms with Gasteiger partial charge in [-0.3, -0.25) is 4.79 Å². The van der Waals surface area contributed by atoms with Gasteiger partial charge in [-0.05, 0) is 44.0 Å². The van der Waals surface area contributed by atoms with Crippen LogP contribution in [0.25, 0.3) is 11.4 Å². The molecule has 1 aromatic heterocycles. The van der Waals surface area contributed by atoms with Crippen LogP contribution in [0, 0.1) is 0 Å². The second kappa shape index (κ2) is 4.96. The summed E-state index contributed by atoms with van der Waals surface area (Å²) in [5.41, 5.74) is 7.23. The largest absolute Gasteiger partial charge is 0.399 e. The molecule has 1 saturated carbocycles. The van der Waals surface area contributed by atoms with Gasteiger partial charge in [0.25, 0.3) is 0 Å². The van der Waals surface area contributed by atoms with Crippen molar-refractivity contribution in [2.24, 2.45) is 0 Å². The highest BCUT2D eigenvalue weighted by atomic mass is 16.2. The van der Waals surface area contributed by atoms with Gasteiger partial charge in [0.05, 0.1) is 0 Å². The molecule has 1 aromatic carbocycles. The SMILES string of the molecule is CC(C(=O)NC1CC1)n1cnc(-c2ccc(N)cc2)n1. The first kappa shape index (κ1) is 12.7. The van der Waals surface area contributed by atoms with Crippen molar-refractivity contribution in [2.45, 2.75) is 31.8 Å². The van der Waals surface area contributed by atoms with Crippen LogP contribution in [0.15, 0.2) is 30.6 Å². The smallest absolute Gasteiger partial charge is 0.244 e. The minimum Gasteiger partial charge on any atom is -0.399 e. The van der Waals surface area contributed by atoms with Crippen molar-refractivity contribution >= 4 is 11.6 Å². The van der Waals surface area contributed by atoms with Crippen LogP contribution in [-0.2, 0) is 4.79 Å². The number of nitrogens with two attached hydrogens (primary N) is 1. The Morgan fingerprint density at radius 2 is 2.10 bits per heavy atom. The second-order valence-corrected chi connectivity index (χ2v) is 5.13. The van der Waals surface area contributed by atoms with Gasteiger partial charge < -0.3 is 11.1 Å². The molecule has 2 aromatic rings. The van der Waals surface area contributed by atoms with Crippen LogP contribution < -0.4 is 11.1 Å². The number of amides is 1. The first-order valence-electron chi connectivity index (χ1n) is 6.71. The summed E-state index contributed by atoms with van der Waals surface area (Å²) in [6, 6.07) is 7.34. The number of nitrogens with zero attached hydrogens (tertiary/aromatic N) is 3. The Balaban J connectivity index is 1.75. The summed E-state index contributed by atoms with van der Waals surface area (Å²) in [7, 11) is 0. The van der Waals surface area contributed by atoms with Gasteiger partial charge in [-0.2, -0.15) is 5.10 Å². The van der Waals surface area contributed by atoms with E-state index in [9.17, 15) is 4.79 Å². The quantitative estimate of drug-likeness (QED) is 0.822. The summed E-state index contributed by atoms with van der Waals surface area (Å²) in [5.74, 6) is 0.581. The Kier molecular flexibility index (Phi) is 3.14. The summed E-state index contributed by atoms with van der Waals surface area (Å²) >= 11 is 0. The van der Waals surface area contributed by atoms with Gasteiger partial charge in [0.15, 0.2) is 5.82 Å². The first-order chi connectivity index (χ1) is 9.63. The van der Waals surface area contributed by atoms with E-state index >= 15 is 0 Å². The Morgan fingerprint density at radius 3 is 2.75 bits per heavy atom. The fraction of sp³-hybridized carbons (Fsp3) is 0.357. The zero-order valence-electron chi connectivity index (χ0n) is 11.3. The molecular formula is C14H17N5O. The van der Waals surface area contributed by atoms with Crippen LogP contribution in [-0.4, -0.2) is 26.7 Å². The Labute approximate surface area is 117 Å². The average Bonchev–Trinajstić information content (AvgIpc) is 3.12. The summed E-state index contributed by atoms with van der Waals surface area (Å²) in [6.45, 7) is 1.82. The fourth-order valence-electron chi connectivity index (χ4n) is 1.90. The summed E-state index contributed by atoms with van der Waals surface area (Å²) in [5, 5.41) is 7.33. The van der Waals surface area contributed by atoms with E-state index in [0.717, 1.165) is 18.4 Å². The van der Waals surface area contributed by atoms with Crippen LogP contribution in [0.2, 0.25) is 0 Å². The predicted octanol–water partition coefficient (Wildman–Crippen LogP) is 1.37. The molecule has 6 nitrogen and oxygen atoms in total. The van der Waals surface area contributed by atoms with E-state index in [-0.39, 0.29) is 11.9 Å². The Hall–Kier alpha value is -2.37. The normalized spacial score (nSPS) is 15.8. The number of carbonyl (C=O) groups excluding carboxylic acids is 1. The van der Waals surface area contributed by atoms with Gasteiger partial charge in [0.2, 0.25) is 5.91 Å². The number of hydrogen-bond acceptors (Lipinski definition) is 4. The maximum atomic E-state index is 12.0. The lowest BCUT2D eigenvalue weighted by atomic mass is 10.2. The van der Waals surface area contributed by atoms with Gasteiger partial charge in [-0.25, -0.2) is 9.67 Å². The van der Waals surface area contributed by atoms with Gasteiger partial charge in [-0.1, -0.05) is 0 Å². The van der Waals surface area contributed by atoms with Gasteiger partial charge in [0.1, 0.15) is 12.4 Å². The third-order valence-corrected chi connectivity index (χ3v) is 3.38. The highest BCUT2D eigenvalue weighted by molar-refractivity contribution is 5.80. The first-order valence-corrected chi connectivity index (χ1v) is 6.71. The summed E-state index contributed by atoms with van der Waals surface area (Å²) in [6.07, 6.45) is 3.74. The molecule has 3 rings (SSSR count). The molecule has 0 radical (unpaired) electrons. The number of aromatic nitrogens is 3. The highest BCUT2D eigenvalue weighted by Crippen LogP contribution is 2.20. The molecule has 0 spiro atoms. The molecule has 1 fully saturated rings. The van der Waals surface area contributed by atoms with E-state index in [4.69, 9.17) is 5.73 Å². The molecule has 1 unspecified atom stereocenters. The number of rotatable bonds is 4. The molecule has 6 heteroatoms. The third kappa shape index (κ3) is 2.64. The van der Waals surface area contributed by atoms with Crippen molar-refractivity contribution in [3.05, 3.63) is 30.6 Å². The fourth-order valence-corrected chi connectivity index (χ4v) is 1.90. The van der Waals surface area contributed by atoms with Crippen LogP contribution in [0.3, 0.4) is 0 Å². The molecule has 3 N–H and O–H groups in total. The molecule has 104 valence electrons. The molecule has 20 heavy (non-hydrogen) atoms. The molecule has 1 aliphatic carbocycles.